The number of hydrogen-bond donors (Lipinski definition) is 2. The lowest BCUT2D eigenvalue weighted by molar-refractivity contribution is -0.121. The monoisotopic (exact) mass is 668 g/mol. The first-order valence-corrected chi connectivity index (χ1v) is 16.3. The molecule has 2 aliphatic rings. The number of anilines is 1. The van der Waals surface area contributed by atoms with E-state index in [2.05, 4.69) is 4.98 Å². The molecule has 4 N–H and O–H groups in total. The van der Waals surface area contributed by atoms with Gasteiger partial charge < -0.3 is 25.7 Å². The van der Waals surface area contributed by atoms with Gasteiger partial charge in [0.05, 0.1) is 14.9 Å². The van der Waals surface area contributed by atoms with Crippen molar-refractivity contribution < 1.29 is 23.2 Å². The van der Waals surface area contributed by atoms with Crippen LogP contribution in [0.3, 0.4) is 0 Å². The van der Waals surface area contributed by atoms with Gasteiger partial charge in [0.15, 0.2) is 17.6 Å². The number of ether oxygens (including phenoxy) is 3. The van der Waals surface area contributed by atoms with E-state index in [1.54, 1.807) is 29.4 Å². The largest absolute Gasteiger partial charge is 0.489 e. The molecule has 3 unspecified atom stereocenters. The van der Waals surface area contributed by atoms with E-state index >= 15 is 0 Å². The van der Waals surface area contributed by atoms with Crippen LogP contribution in [0.5, 0.6) is 17.2 Å². The molecule has 0 saturated heterocycles. The molecule has 0 bridgehead atoms. The number of benzene rings is 3. The summed E-state index contributed by atoms with van der Waals surface area (Å²) in [4.78, 5) is 17.0. The van der Waals surface area contributed by atoms with Crippen LogP contribution in [0.25, 0.3) is 0 Å². The number of carbonyl (C=O) groups is 1. The lowest BCUT2D eigenvalue weighted by atomic mass is 9.94. The lowest BCUT2D eigenvalue weighted by Crippen LogP contribution is -2.49. The summed E-state index contributed by atoms with van der Waals surface area (Å²) < 4.78 is 33.6. The Labute approximate surface area is 275 Å². The molecule has 1 amide bonds. The van der Waals surface area contributed by atoms with Crippen LogP contribution in [0, 0.1) is 6.92 Å². The smallest absolute Gasteiger partial charge is 0.236 e. The topological polar surface area (TPSA) is 130 Å². The molecule has 0 saturated carbocycles. The van der Waals surface area contributed by atoms with Crippen LogP contribution >= 0.6 is 23.2 Å². The Kier molecular flexibility index (Phi) is 10.2. The second kappa shape index (κ2) is 14.1. The number of aryl methyl sites for hydroxylation is 1. The highest BCUT2D eigenvalue weighted by molar-refractivity contribution is 7.82. The fourth-order valence-corrected chi connectivity index (χ4v) is 6.87. The number of pyridine rings is 1. The number of fused-ring (bicyclic) bond motifs is 2. The van der Waals surface area contributed by atoms with Crippen LogP contribution in [-0.4, -0.2) is 32.1 Å². The summed E-state index contributed by atoms with van der Waals surface area (Å²) in [5, 5.41) is 0.983. The molecular formula is C33H34Cl2N4O5S. The molecule has 12 heteroatoms. The Morgan fingerprint density at radius 2 is 1.78 bits per heavy atom. The summed E-state index contributed by atoms with van der Waals surface area (Å²) in [6, 6.07) is 17.7. The van der Waals surface area contributed by atoms with E-state index in [9.17, 15) is 9.00 Å². The fourth-order valence-electron chi connectivity index (χ4n) is 5.16. The molecule has 0 spiro atoms. The number of rotatable bonds is 7. The van der Waals surface area contributed by atoms with Gasteiger partial charge in [-0.2, -0.15) is 0 Å². The highest BCUT2D eigenvalue weighted by atomic mass is 35.5. The second-order valence-corrected chi connectivity index (χ2v) is 12.6. The van der Waals surface area contributed by atoms with Crippen molar-refractivity contribution in [2.24, 2.45) is 5.73 Å². The minimum atomic E-state index is -1.69. The molecule has 236 valence electrons. The minimum Gasteiger partial charge on any atom is -0.489 e. The van der Waals surface area contributed by atoms with Gasteiger partial charge in [-0.3, -0.25) is 4.79 Å². The van der Waals surface area contributed by atoms with E-state index in [1.165, 1.54) is 6.20 Å². The highest BCUT2D eigenvalue weighted by Crippen LogP contribution is 2.41. The number of nitrogens with two attached hydrogens (primary N) is 2. The fraction of sp³-hybridized carbons (Fsp3) is 0.273. The number of aromatic nitrogens is 1. The van der Waals surface area contributed by atoms with Crippen LogP contribution in [0.4, 0.5) is 5.82 Å². The number of nitrogens with zero attached hydrogens (tertiary/aromatic N) is 2. The summed E-state index contributed by atoms with van der Waals surface area (Å²) in [6.45, 7) is 6.70. The molecular weight excluding hydrogens is 635 g/mol. The normalized spacial score (nSPS) is 17.8. The molecule has 9 nitrogen and oxygen atoms in total. The van der Waals surface area contributed by atoms with Crippen molar-refractivity contribution in [1.82, 2.24) is 9.29 Å². The predicted octanol–water partition coefficient (Wildman–Crippen LogP) is 6.33. The molecule has 3 atom stereocenters. The van der Waals surface area contributed by atoms with E-state index in [4.69, 9.17) is 48.9 Å². The lowest BCUT2D eigenvalue weighted by Gasteiger charge is -2.35. The van der Waals surface area contributed by atoms with E-state index in [0.717, 1.165) is 27.8 Å². The van der Waals surface area contributed by atoms with Gasteiger partial charge in [0, 0.05) is 12.7 Å². The number of halogens is 2. The molecule has 6 rings (SSSR count). The van der Waals surface area contributed by atoms with Gasteiger partial charge in [-0.1, -0.05) is 55.2 Å². The average Bonchev–Trinajstić information content (AvgIpc) is 3.04. The molecule has 0 aliphatic carbocycles. The van der Waals surface area contributed by atoms with Crippen molar-refractivity contribution in [3.8, 4) is 17.2 Å². The third-order valence-electron chi connectivity index (χ3n) is 7.47. The van der Waals surface area contributed by atoms with Crippen molar-refractivity contribution in [1.29, 1.82) is 0 Å². The first kappa shape index (κ1) is 32.6. The van der Waals surface area contributed by atoms with Gasteiger partial charge in [0.1, 0.15) is 41.8 Å². The second-order valence-electron chi connectivity index (χ2n) is 10.4. The van der Waals surface area contributed by atoms with Crippen LogP contribution in [0.1, 0.15) is 47.8 Å². The number of primary amides is 1. The summed E-state index contributed by atoms with van der Waals surface area (Å²) in [6.07, 6.45) is 1.43. The Morgan fingerprint density at radius 1 is 1.04 bits per heavy atom. The van der Waals surface area contributed by atoms with Crippen molar-refractivity contribution in [2.75, 3.05) is 12.3 Å². The molecule has 0 radical (unpaired) electrons. The average molecular weight is 670 g/mol. The molecule has 4 aromatic rings. The molecule has 3 aromatic carbocycles. The zero-order valence-electron chi connectivity index (χ0n) is 25.1. The molecule has 1 aromatic heterocycles. The summed E-state index contributed by atoms with van der Waals surface area (Å²) in [5.41, 5.74) is 15.9. The zero-order chi connectivity index (χ0) is 32.2. The molecule has 45 heavy (non-hydrogen) atoms. The quantitative estimate of drug-likeness (QED) is 0.235. The Balaban J connectivity index is 0.00000196. The Morgan fingerprint density at radius 3 is 2.47 bits per heavy atom. The number of carbonyl (C=O) groups excluding carboxylic acids is 1. The van der Waals surface area contributed by atoms with E-state index in [0.29, 0.717) is 57.6 Å². The Hall–Kier alpha value is -3.83. The number of hydrogen-bond acceptors (Lipinski definition) is 7. The van der Waals surface area contributed by atoms with Gasteiger partial charge in [-0.05, 0) is 83.6 Å². The first-order valence-electron chi connectivity index (χ1n) is 14.5. The van der Waals surface area contributed by atoms with Crippen LogP contribution in [0.2, 0.25) is 10.0 Å². The van der Waals surface area contributed by atoms with Gasteiger partial charge in [-0.15, -0.1) is 0 Å². The number of amides is 1. The zero-order valence-corrected chi connectivity index (χ0v) is 27.4. The van der Waals surface area contributed by atoms with Crippen LogP contribution in [-0.2, 0) is 35.4 Å². The summed E-state index contributed by atoms with van der Waals surface area (Å²) in [7, 11) is -1.69. The highest BCUT2D eigenvalue weighted by Gasteiger charge is 2.36. The maximum absolute atomic E-state index is 13.6. The van der Waals surface area contributed by atoms with Crippen LogP contribution in [0.15, 0.2) is 71.8 Å². The minimum absolute atomic E-state index is 0.228. The maximum atomic E-state index is 13.6. The Bertz CT molecular complexity index is 1740. The van der Waals surface area contributed by atoms with Crippen molar-refractivity contribution >= 4 is 45.9 Å². The molecule has 0 fully saturated rings. The number of nitrogen functional groups attached to an aromatic ring is 1. The van der Waals surface area contributed by atoms with Crippen molar-refractivity contribution in [3.63, 3.8) is 0 Å². The first-order chi connectivity index (χ1) is 21.7. The van der Waals surface area contributed by atoms with Gasteiger partial charge >= 0.3 is 0 Å². The van der Waals surface area contributed by atoms with Gasteiger partial charge in [0.2, 0.25) is 5.91 Å². The molecule has 3 heterocycles. The maximum Gasteiger partial charge on any atom is 0.236 e. The third-order valence-corrected chi connectivity index (χ3v) is 9.82. The third kappa shape index (κ3) is 7.20. The van der Waals surface area contributed by atoms with Gasteiger partial charge in [-0.25, -0.2) is 13.5 Å². The SMILES string of the molecule is CC.Cc1cc(N)ncc1S(=O)N1Cc2cc3c(cc2CC1C(N)=O)OCC(c1ccc(OCc2ccc(Cl)c(Cl)c2)cc1)O3. The van der Waals surface area contributed by atoms with E-state index in [1.807, 2.05) is 56.3 Å². The molecule has 2 aliphatic heterocycles. The van der Waals surface area contributed by atoms with Crippen molar-refractivity contribution in [2.45, 2.75) is 57.4 Å². The summed E-state index contributed by atoms with van der Waals surface area (Å²) in [5.74, 6) is 1.64. The summed E-state index contributed by atoms with van der Waals surface area (Å²) >= 11 is 12.1. The van der Waals surface area contributed by atoms with E-state index < -0.39 is 22.9 Å². The predicted molar refractivity (Wildman–Crippen MR) is 176 cm³/mol. The standard InChI is InChI=1S/C31H28Cl2N4O5S.C2H6/c1-17-8-30(34)36-13-29(17)43(39)37-14-21-12-27-26(11-20(21)10-25(37)31(35)38)41-16-28(42-27)19-3-5-22(6-4-19)40-15-18-2-7-23(32)24(33)9-18;1-2/h2-9,11-13,25,28H,10,14-16H2,1H3,(H2,34,36)(H2,35,38);1-2H3. The van der Waals surface area contributed by atoms with Crippen molar-refractivity contribution in [3.05, 3.63) is 105 Å². The van der Waals surface area contributed by atoms with Crippen LogP contribution < -0.4 is 25.7 Å². The van der Waals surface area contributed by atoms with Gasteiger partial charge in [0.25, 0.3) is 0 Å². The van der Waals surface area contributed by atoms with E-state index in [-0.39, 0.29) is 12.6 Å².